The number of fused-ring (bicyclic) bond motifs is 4. The summed E-state index contributed by atoms with van der Waals surface area (Å²) in [7, 11) is 0. The largest absolute Gasteiger partial charge is 0.354 e. The second-order valence-corrected chi connectivity index (χ2v) is 4.94. The highest BCUT2D eigenvalue weighted by atomic mass is 35.5. The molecule has 0 spiro atoms. The Morgan fingerprint density at radius 3 is 2.56 bits per heavy atom. The molecule has 0 saturated carbocycles. The maximum atomic E-state index is 6.31. The summed E-state index contributed by atoms with van der Waals surface area (Å²) in [5.41, 5.74) is 3.46. The lowest BCUT2D eigenvalue weighted by Gasteiger charge is -2.05. The van der Waals surface area contributed by atoms with Gasteiger partial charge < -0.3 is 4.98 Å². The van der Waals surface area contributed by atoms with E-state index in [-0.39, 0.29) is 0 Å². The molecule has 18 heavy (non-hydrogen) atoms. The fraction of sp³-hybridized carbons (Fsp3) is 0. The van der Waals surface area contributed by atoms with Crippen molar-refractivity contribution in [1.82, 2.24) is 4.98 Å². The van der Waals surface area contributed by atoms with Crippen LogP contribution >= 0.6 is 11.6 Å². The van der Waals surface area contributed by atoms with E-state index >= 15 is 0 Å². The molecule has 0 fully saturated rings. The van der Waals surface area contributed by atoms with Crippen LogP contribution in [0.5, 0.6) is 0 Å². The Balaban J connectivity index is 2.26. The van der Waals surface area contributed by atoms with Crippen LogP contribution in [0.2, 0.25) is 5.02 Å². The lowest BCUT2D eigenvalue weighted by Crippen LogP contribution is -1.84. The number of aromatic amines is 1. The van der Waals surface area contributed by atoms with E-state index in [2.05, 4.69) is 41.4 Å². The van der Waals surface area contributed by atoms with Crippen LogP contribution in [-0.4, -0.2) is 4.98 Å². The number of hydrogen-bond donors (Lipinski definition) is 1. The number of halogens is 1. The van der Waals surface area contributed by atoms with E-state index < -0.39 is 0 Å². The first-order chi connectivity index (χ1) is 8.83. The van der Waals surface area contributed by atoms with E-state index in [1.807, 2.05) is 18.2 Å². The van der Waals surface area contributed by atoms with Crippen LogP contribution < -0.4 is 0 Å². The molecule has 2 aromatic carbocycles. The maximum absolute atomic E-state index is 6.31. The minimum atomic E-state index is 0.800. The van der Waals surface area contributed by atoms with E-state index in [1.54, 1.807) is 0 Å². The van der Waals surface area contributed by atoms with Crippen molar-refractivity contribution in [2.45, 2.75) is 0 Å². The van der Waals surface area contributed by atoms with Crippen molar-refractivity contribution in [3.8, 4) is 11.3 Å². The quantitative estimate of drug-likeness (QED) is 0.449. The molecule has 0 unspecified atom stereocenters. The number of H-pyrrole nitrogens is 1. The molecule has 0 atom stereocenters. The van der Waals surface area contributed by atoms with Crippen LogP contribution in [0.4, 0.5) is 0 Å². The summed E-state index contributed by atoms with van der Waals surface area (Å²) in [6.45, 7) is 0. The number of rotatable bonds is 0. The zero-order valence-corrected chi connectivity index (χ0v) is 10.3. The maximum Gasteiger partial charge on any atom is 0.0553 e. The van der Waals surface area contributed by atoms with Crippen molar-refractivity contribution in [1.29, 1.82) is 0 Å². The Morgan fingerprint density at radius 2 is 1.61 bits per heavy atom. The molecule has 0 saturated heterocycles. The first-order valence-electron chi connectivity index (χ1n) is 5.92. The molecule has 1 N–H and O–H groups in total. The standard InChI is InChI=1S/C16H10ClN/c17-13-6-3-5-11-9-12-8-10-4-1-2-7-14(10)18-16(12)15(11)13/h1-9,18H. The smallest absolute Gasteiger partial charge is 0.0553 e. The lowest BCUT2D eigenvalue weighted by molar-refractivity contribution is 1.44. The zero-order chi connectivity index (χ0) is 12.1. The molecule has 0 aromatic heterocycles. The Kier molecular flexibility index (Phi) is 1.94. The molecule has 2 heteroatoms. The van der Waals surface area contributed by atoms with Crippen LogP contribution in [0.3, 0.4) is 0 Å². The lowest BCUT2D eigenvalue weighted by atomic mass is 10.1. The Labute approximate surface area is 109 Å². The molecule has 2 aromatic rings. The third-order valence-corrected chi connectivity index (χ3v) is 3.74. The van der Waals surface area contributed by atoms with Crippen LogP contribution in [0.25, 0.3) is 32.9 Å². The topological polar surface area (TPSA) is 15.8 Å². The van der Waals surface area contributed by atoms with Crippen LogP contribution in [0.1, 0.15) is 0 Å². The molecule has 4 rings (SSSR count). The summed E-state index contributed by atoms with van der Waals surface area (Å²) in [6.07, 6.45) is 0. The predicted molar refractivity (Wildman–Crippen MR) is 77.4 cm³/mol. The second-order valence-electron chi connectivity index (χ2n) is 4.54. The number of benzene rings is 2. The van der Waals surface area contributed by atoms with Crippen molar-refractivity contribution >= 4 is 33.3 Å². The number of para-hydroxylation sites is 1. The van der Waals surface area contributed by atoms with Gasteiger partial charge in [0, 0.05) is 10.9 Å². The van der Waals surface area contributed by atoms with E-state index in [9.17, 15) is 0 Å². The molecule has 1 aliphatic carbocycles. The molecule has 0 amide bonds. The van der Waals surface area contributed by atoms with Gasteiger partial charge in [-0.1, -0.05) is 41.9 Å². The van der Waals surface area contributed by atoms with Crippen LogP contribution in [0.15, 0.2) is 54.6 Å². The number of hydrogen-bond acceptors (Lipinski definition) is 0. The van der Waals surface area contributed by atoms with Crippen molar-refractivity contribution in [2.24, 2.45) is 0 Å². The minimum Gasteiger partial charge on any atom is -0.354 e. The van der Waals surface area contributed by atoms with E-state index in [4.69, 9.17) is 11.6 Å². The van der Waals surface area contributed by atoms with Gasteiger partial charge in [-0.15, -0.1) is 0 Å². The van der Waals surface area contributed by atoms with Crippen molar-refractivity contribution in [3.05, 3.63) is 59.6 Å². The average molecular weight is 252 g/mol. The number of pyridine rings is 1. The van der Waals surface area contributed by atoms with Crippen molar-refractivity contribution in [3.63, 3.8) is 0 Å². The molecule has 1 heterocycles. The molecule has 1 aliphatic heterocycles. The van der Waals surface area contributed by atoms with Crippen molar-refractivity contribution < 1.29 is 0 Å². The molecule has 86 valence electrons. The van der Waals surface area contributed by atoms with Gasteiger partial charge in [-0.2, -0.15) is 0 Å². The van der Waals surface area contributed by atoms with Crippen LogP contribution in [0, 0.1) is 0 Å². The summed E-state index contributed by atoms with van der Waals surface area (Å²) in [6, 6.07) is 18.7. The van der Waals surface area contributed by atoms with Gasteiger partial charge in [0.25, 0.3) is 0 Å². The van der Waals surface area contributed by atoms with Gasteiger partial charge in [0.05, 0.1) is 10.7 Å². The molecular formula is C16H10ClN. The summed E-state index contributed by atoms with van der Waals surface area (Å²) in [4.78, 5) is 3.49. The van der Waals surface area contributed by atoms with Gasteiger partial charge in [-0.05, 0) is 40.6 Å². The third kappa shape index (κ3) is 1.28. The highest BCUT2D eigenvalue weighted by Gasteiger charge is 2.13. The average Bonchev–Trinajstić information content (AvgIpc) is 2.74. The van der Waals surface area contributed by atoms with Gasteiger partial charge >= 0.3 is 0 Å². The third-order valence-electron chi connectivity index (χ3n) is 3.43. The van der Waals surface area contributed by atoms with Gasteiger partial charge in [0.1, 0.15) is 0 Å². The highest BCUT2D eigenvalue weighted by molar-refractivity contribution is 6.37. The molecule has 0 bridgehead atoms. The van der Waals surface area contributed by atoms with Gasteiger partial charge in [-0.25, -0.2) is 0 Å². The zero-order valence-electron chi connectivity index (χ0n) is 9.57. The van der Waals surface area contributed by atoms with E-state index in [0.717, 1.165) is 21.6 Å². The predicted octanol–water partition coefficient (Wildman–Crippen LogP) is 5.08. The number of aromatic nitrogens is 1. The Hall–Kier alpha value is -1.99. The SMILES string of the molecule is Clc1cccc2cc3cc4ccccc4[nH]c-3c12. The van der Waals surface area contributed by atoms with Gasteiger partial charge in [0.15, 0.2) is 0 Å². The normalized spacial score (nSPS) is 11.6. The Morgan fingerprint density at radius 1 is 0.833 bits per heavy atom. The molecule has 1 nitrogen and oxygen atoms in total. The summed E-state index contributed by atoms with van der Waals surface area (Å²) < 4.78 is 0. The summed E-state index contributed by atoms with van der Waals surface area (Å²) in [5.74, 6) is 0. The summed E-state index contributed by atoms with van der Waals surface area (Å²) >= 11 is 6.31. The van der Waals surface area contributed by atoms with Gasteiger partial charge in [-0.3, -0.25) is 0 Å². The van der Waals surface area contributed by atoms with Gasteiger partial charge in [0.2, 0.25) is 0 Å². The first-order valence-corrected chi connectivity index (χ1v) is 6.29. The molecule has 2 aliphatic rings. The molecular weight excluding hydrogens is 242 g/mol. The monoisotopic (exact) mass is 251 g/mol. The fourth-order valence-corrected chi connectivity index (χ4v) is 2.87. The van der Waals surface area contributed by atoms with Crippen LogP contribution in [-0.2, 0) is 0 Å². The summed E-state index contributed by atoms with van der Waals surface area (Å²) in [5, 5.41) is 4.31. The molecule has 0 radical (unpaired) electrons. The Bertz CT molecular complexity index is 844. The highest BCUT2D eigenvalue weighted by Crippen LogP contribution is 2.38. The van der Waals surface area contributed by atoms with E-state index in [0.29, 0.717) is 0 Å². The minimum absolute atomic E-state index is 0.800. The first kappa shape index (κ1) is 9.98. The number of nitrogens with one attached hydrogen (secondary N) is 1. The fourth-order valence-electron chi connectivity index (χ4n) is 2.60. The second kappa shape index (κ2) is 3.50. The van der Waals surface area contributed by atoms with Crippen molar-refractivity contribution in [2.75, 3.05) is 0 Å². The van der Waals surface area contributed by atoms with E-state index in [1.165, 1.54) is 16.3 Å².